The lowest BCUT2D eigenvalue weighted by atomic mass is 10.0. The van der Waals surface area contributed by atoms with E-state index >= 15 is 0 Å². The molecule has 0 radical (unpaired) electrons. The van der Waals surface area contributed by atoms with E-state index in [2.05, 4.69) is 152 Å². The minimum Gasteiger partial charge on any atom is -0.490 e. The quantitative estimate of drug-likeness (QED) is 0.0555. The summed E-state index contributed by atoms with van der Waals surface area (Å²) in [5, 5.41) is 27.5. The van der Waals surface area contributed by atoms with E-state index in [0.717, 1.165) is 120 Å². The summed E-state index contributed by atoms with van der Waals surface area (Å²) >= 11 is 0.594. The van der Waals surface area contributed by atoms with Gasteiger partial charge in [-0.1, -0.05) is 152 Å². The summed E-state index contributed by atoms with van der Waals surface area (Å²) < 4.78 is 106. The van der Waals surface area contributed by atoms with E-state index in [9.17, 15) is 13.2 Å². The molecule has 8 aromatic carbocycles. The van der Waals surface area contributed by atoms with Gasteiger partial charge in [0.15, 0.2) is 29.4 Å². The zero-order valence-corrected chi connectivity index (χ0v) is 80.4. The summed E-state index contributed by atoms with van der Waals surface area (Å²) in [7, 11) is 0. The SMILES string of the molecule is C1=CCC(c2cccc(-c3nc(-c4ccncc4)no3)c2)=C1.CCOc1ccc(-c2nc(-c3ccc(C)c(C)c3)no2)cc1OCC.CCOc1ccc(-c2nc(-c3ccc(C4=NCCN4)cc3)no2)cc1OCC.Cc1cnccc1-c1noc(-c2cc(-c3ccccc3)c(C(F)(F)F)s2)n1.c1cc(-c2ccco2)cc(-c2nc(-c3ccncc3)no2)c1.c1cc(-c2cocn2)cc(-c2nc(-c3ccncc3)no2)c1. The molecule has 0 saturated heterocycles. The van der Waals surface area contributed by atoms with Crippen molar-refractivity contribution in [2.75, 3.05) is 39.5 Å². The largest absolute Gasteiger partial charge is 0.490 e. The fraction of sp³-hybridized carbons (Fsp3) is 0.135. The second kappa shape index (κ2) is 46.6. The third-order valence-electron chi connectivity index (χ3n) is 22.4. The van der Waals surface area contributed by atoms with Gasteiger partial charge in [0.25, 0.3) is 35.3 Å². The molecule has 1 aliphatic carbocycles. The molecule has 0 saturated carbocycles. The first-order chi connectivity index (χ1) is 71.5. The Bertz CT molecular complexity index is 7840. The highest BCUT2D eigenvalue weighted by Gasteiger charge is 2.38. The van der Waals surface area contributed by atoms with Crippen LogP contribution in [0.3, 0.4) is 0 Å². The molecule has 0 spiro atoms. The van der Waals surface area contributed by atoms with Gasteiger partial charge in [0.2, 0.25) is 34.9 Å². The predicted molar refractivity (Wildman–Crippen MR) is 544 cm³/mol. The van der Waals surface area contributed by atoms with Gasteiger partial charge in [-0.15, -0.1) is 11.3 Å². The third-order valence-corrected chi connectivity index (χ3v) is 23.5. The summed E-state index contributed by atoms with van der Waals surface area (Å²) in [4.78, 5) is 50.8. The molecule has 21 aromatic rings. The Morgan fingerprint density at radius 3 is 1.29 bits per heavy atom. The number of aryl methyl sites for hydroxylation is 3. The first-order valence-corrected chi connectivity index (χ1v) is 47.1. The van der Waals surface area contributed by atoms with Crippen LogP contribution < -0.4 is 24.3 Å². The van der Waals surface area contributed by atoms with Crippen molar-refractivity contribution < 1.29 is 68.1 Å². The first-order valence-electron chi connectivity index (χ1n) is 46.3. The van der Waals surface area contributed by atoms with E-state index in [-0.39, 0.29) is 16.3 Å². The van der Waals surface area contributed by atoms with Gasteiger partial charge in [0.05, 0.1) is 44.1 Å². The number of hydrogen-bond donors (Lipinski definition) is 1. The second-order valence-corrected chi connectivity index (χ2v) is 33.2. The lowest BCUT2D eigenvalue weighted by Crippen LogP contribution is -2.19. The first kappa shape index (κ1) is 97.6. The minimum absolute atomic E-state index is 0.0545. The maximum absolute atomic E-state index is 13.5. The Morgan fingerprint density at radius 1 is 0.370 bits per heavy atom. The van der Waals surface area contributed by atoms with E-state index in [0.29, 0.717) is 131 Å². The van der Waals surface area contributed by atoms with Crippen molar-refractivity contribution in [3.05, 3.63) is 362 Å². The van der Waals surface area contributed by atoms with Crippen molar-refractivity contribution >= 4 is 22.7 Å². The van der Waals surface area contributed by atoms with Crippen molar-refractivity contribution in [3.8, 4) is 193 Å². The molecule has 0 fully saturated rings. The highest BCUT2D eigenvalue weighted by atomic mass is 32.1. The molecule has 14 heterocycles. The number of aliphatic imine (C=N–C) groups is 1. The van der Waals surface area contributed by atoms with Crippen LogP contribution in [0.2, 0.25) is 0 Å². The van der Waals surface area contributed by atoms with E-state index in [4.69, 9.17) is 54.9 Å². The molecule has 35 heteroatoms. The summed E-state index contributed by atoms with van der Waals surface area (Å²) in [6, 6.07) is 75.4. The van der Waals surface area contributed by atoms with Gasteiger partial charge in [-0.2, -0.15) is 43.1 Å². The van der Waals surface area contributed by atoms with Crippen LogP contribution in [0.4, 0.5) is 13.2 Å². The molecule has 23 rings (SSSR count). The number of thiophene rings is 1. The number of ether oxygens (including phenoxy) is 4. The van der Waals surface area contributed by atoms with Gasteiger partial charge >= 0.3 is 6.18 Å². The van der Waals surface area contributed by atoms with Crippen LogP contribution in [0.25, 0.3) is 176 Å². The average molecular weight is 1970 g/mol. The van der Waals surface area contributed by atoms with Gasteiger partial charge in [0, 0.05) is 140 Å². The number of allylic oxidation sites excluding steroid dienone is 4. The van der Waals surface area contributed by atoms with Gasteiger partial charge in [-0.3, -0.25) is 24.9 Å². The Kier molecular flexibility index (Phi) is 31.1. The molecule has 2 aliphatic rings. The Morgan fingerprint density at radius 2 is 0.815 bits per heavy atom. The number of rotatable bonds is 25. The van der Waals surface area contributed by atoms with E-state index in [1.807, 2.05) is 211 Å². The molecule has 1 aliphatic heterocycles. The number of nitrogens with one attached hydrogen (secondary N) is 1. The summed E-state index contributed by atoms with van der Waals surface area (Å²) in [6.45, 7) is 17.7. The van der Waals surface area contributed by atoms with E-state index in [1.54, 1.807) is 98.5 Å². The molecule has 0 unspecified atom stereocenters. The second-order valence-electron chi connectivity index (χ2n) is 32.2. The van der Waals surface area contributed by atoms with Crippen molar-refractivity contribution in [1.82, 2.24) is 91.1 Å². The van der Waals surface area contributed by atoms with Crippen LogP contribution >= 0.6 is 11.3 Å². The fourth-order valence-corrected chi connectivity index (χ4v) is 16.0. The van der Waals surface area contributed by atoms with Gasteiger partial charge in [0.1, 0.15) is 28.4 Å². The molecule has 146 heavy (non-hydrogen) atoms. The number of amidine groups is 1. The predicted octanol–water partition coefficient (Wildman–Crippen LogP) is 25.9. The van der Waals surface area contributed by atoms with Crippen molar-refractivity contribution in [1.29, 1.82) is 0 Å². The summed E-state index contributed by atoms with van der Waals surface area (Å²) in [5.74, 6) is 9.95. The zero-order valence-electron chi connectivity index (χ0n) is 79.6. The lowest BCUT2D eigenvalue weighted by molar-refractivity contribution is -0.133. The molecular weight excluding hydrogens is 1880 g/mol. The van der Waals surface area contributed by atoms with E-state index < -0.39 is 11.1 Å². The molecule has 31 nitrogen and oxygen atoms in total. The lowest BCUT2D eigenvalue weighted by Gasteiger charge is -2.11. The molecule has 0 atom stereocenters. The molecule has 728 valence electrons. The Labute approximate surface area is 837 Å². The third kappa shape index (κ3) is 24.1. The summed E-state index contributed by atoms with van der Waals surface area (Å²) in [6.07, 6.45) is 21.0. The molecule has 0 amide bonds. The number of oxazole rings is 1. The standard InChI is InChI=1S/C21H22N4O3.C20H22N2O3.C19H12F3N3OS.C18H13N3O.C17H11N3O2.C16H10N4O2/c1-3-26-17-10-9-16(13-18(17)27-4-2)21-24-20(25-28-21)15-7-5-14(6-8-15)19-22-11-12-23-19;1-5-23-17-10-9-16(12-18(17)24-6-2)20-21-19(22-25-20)15-8-7-13(3)14(4)11-15;1-11-10-23-8-7-13(11)17-24-18(26-25-17)15-9-14(12-5-3-2-4-6-12)16(27-15)19(20,21)22;1-2-5-13(4-1)15-6-3-7-16(12-15)18-20-17(21-22-18)14-8-10-19-11-9-14;1-3-13(15-5-2-10-21-15)11-14(4-1)17-19-16(20-22-17)12-6-8-18-9-7-12;1-2-12(14-9-21-10-18-14)8-13(3-1)16-19-15(20-22-16)11-4-6-17-7-5-11/h5-10,13H,3-4,11-12H2,1-2H3,(H,22,23);7-12H,5-6H2,1-4H3;2-10H,1H3;1-4,6-12H,5H2;1-11H;1-10H. The molecular formula is C111H90F3N19O12S. The smallest absolute Gasteiger partial charge is 0.426 e. The molecule has 0 bridgehead atoms. The maximum Gasteiger partial charge on any atom is 0.426 e. The highest BCUT2D eigenvalue weighted by molar-refractivity contribution is 7.16. The number of halogens is 3. The Balaban J connectivity index is 0.000000115. The van der Waals surface area contributed by atoms with Crippen molar-refractivity contribution in [2.24, 2.45) is 4.99 Å². The van der Waals surface area contributed by atoms with Crippen molar-refractivity contribution in [3.63, 3.8) is 0 Å². The molecule has 1 N–H and O–H groups in total. The van der Waals surface area contributed by atoms with Crippen LogP contribution in [0.1, 0.15) is 66.8 Å². The average Bonchev–Trinajstić information content (AvgIpc) is 1.63. The zero-order chi connectivity index (χ0) is 101. The van der Waals surface area contributed by atoms with Crippen LogP contribution in [0.15, 0.2) is 370 Å². The monoisotopic (exact) mass is 1970 g/mol. The van der Waals surface area contributed by atoms with Crippen LogP contribution in [-0.2, 0) is 6.18 Å². The van der Waals surface area contributed by atoms with Crippen molar-refractivity contribution in [2.45, 2.75) is 61.1 Å². The van der Waals surface area contributed by atoms with Crippen LogP contribution in [-0.4, -0.2) is 131 Å². The fourth-order valence-electron chi connectivity index (χ4n) is 15.0. The highest BCUT2D eigenvalue weighted by Crippen LogP contribution is 2.47. The molecule has 13 aromatic heterocycles. The van der Waals surface area contributed by atoms with E-state index in [1.165, 1.54) is 34.7 Å². The van der Waals surface area contributed by atoms with Gasteiger partial charge in [-0.25, -0.2) is 4.98 Å². The number of nitrogens with zero attached hydrogens (tertiary/aromatic N) is 18. The van der Waals surface area contributed by atoms with Crippen LogP contribution in [0.5, 0.6) is 23.0 Å². The van der Waals surface area contributed by atoms with Gasteiger partial charge in [-0.05, 0) is 228 Å². The number of hydrogen-bond acceptors (Lipinski definition) is 32. The topological polar surface area (TPSA) is 386 Å². The number of benzene rings is 8. The Hall–Kier alpha value is -18.7. The number of alkyl halides is 3. The van der Waals surface area contributed by atoms with Gasteiger partial charge < -0.3 is 60.2 Å². The number of furan rings is 1. The minimum atomic E-state index is -4.47. The maximum atomic E-state index is 13.5. The van der Waals surface area contributed by atoms with Crippen LogP contribution in [0, 0.1) is 20.8 Å². The number of aromatic nitrogens is 17. The number of pyridine rings is 4. The summed E-state index contributed by atoms with van der Waals surface area (Å²) in [5.41, 5.74) is 19.4. The normalized spacial score (nSPS) is 11.8.